The second-order valence-corrected chi connectivity index (χ2v) is 4.89. The molecule has 1 heterocycles. The average molecular weight is 285 g/mol. The summed E-state index contributed by atoms with van der Waals surface area (Å²) in [5, 5.41) is 9.18. The predicted molar refractivity (Wildman–Crippen MR) is 81.4 cm³/mol. The first-order valence-electron chi connectivity index (χ1n) is 6.70. The van der Waals surface area contributed by atoms with E-state index >= 15 is 0 Å². The maximum absolute atomic E-state index is 9.18. The molecule has 0 saturated heterocycles. The van der Waals surface area contributed by atoms with Crippen molar-refractivity contribution < 1.29 is 9.47 Å². The first kappa shape index (κ1) is 14.9. The molecule has 0 bridgehead atoms. The number of aromatic nitrogens is 1. The van der Waals surface area contributed by atoms with Crippen LogP contribution in [0.15, 0.2) is 24.3 Å². The van der Waals surface area contributed by atoms with E-state index in [0.29, 0.717) is 36.2 Å². The third kappa shape index (κ3) is 3.18. The molecule has 21 heavy (non-hydrogen) atoms. The van der Waals surface area contributed by atoms with E-state index in [2.05, 4.69) is 6.07 Å². The van der Waals surface area contributed by atoms with Gasteiger partial charge in [-0.25, -0.2) is 0 Å². The largest absolute Gasteiger partial charge is 0.439 e. The summed E-state index contributed by atoms with van der Waals surface area (Å²) in [6.07, 6.45) is 0. The summed E-state index contributed by atoms with van der Waals surface area (Å²) >= 11 is 0. The van der Waals surface area contributed by atoms with Crippen LogP contribution in [0.1, 0.15) is 16.8 Å². The SMILES string of the molecule is COCCn1c(C#N)cc(N)c1Oc1ccc(C)c(C)c1. The van der Waals surface area contributed by atoms with Crippen LogP contribution in [0.5, 0.6) is 11.6 Å². The number of benzene rings is 1. The number of hydrogen-bond donors (Lipinski definition) is 1. The van der Waals surface area contributed by atoms with E-state index in [1.807, 2.05) is 32.0 Å². The van der Waals surface area contributed by atoms with Crippen LogP contribution in [0, 0.1) is 25.2 Å². The summed E-state index contributed by atoms with van der Waals surface area (Å²) in [5.74, 6) is 1.18. The number of anilines is 1. The van der Waals surface area contributed by atoms with Crippen LogP contribution in [0.2, 0.25) is 0 Å². The van der Waals surface area contributed by atoms with Gasteiger partial charge in [0, 0.05) is 13.2 Å². The Kier molecular flexibility index (Phi) is 4.51. The zero-order valence-corrected chi connectivity index (χ0v) is 12.5. The highest BCUT2D eigenvalue weighted by atomic mass is 16.5. The van der Waals surface area contributed by atoms with E-state index in [1.165, 1.54) is 5.56 Å². The number of methoxy groups -OCH3 is 1. The molecule has 0 unspecified atom stereocenters. The van der Waals surface area contributed by atoms with E-state index in [-0.39, 0.29) is 0 Å². The van der Waals surface area contributed by atoms with Crippen molar-refractivity contribution in [1.82, 2.24) is 4.57 Å². The van der Waals surface area contributed by atoms with Crippen LogP contribution in [0.3, 0.4) is 0 Å². The summed E-state index contributed by atoms with van der Waals surface area (Å²) < 4.78 is 12.7. The molecule has 0 saturated carbocycles. The third-order valence-electron chi connectivity index (χ3n) is 3.40. The van der Waals surface area contributed by atoms with E-state index in [9.17, 15) is 5.26 Å². The minimum atomic E-state index is 0.445. The molecule has 2 aromatic rings. The maximum Gasteiger partial charge on any atom is 0.224 e. The van der Waals surface area contributed by atoms with Gasteiger partial charge in [0.2, 0.25) is 5.88 Å². The lowest BCUT2D eigenvalue weighted by Gasteiger charge is -2.13. The molecule has 0 radical (unpaired) electrons. The molecule has 0 aliphatic heterocycles. The van der Waals surface area contributed by atoms with Gasteiger partial charge >= 0.3 is 0 Å². The molecule has 0 aliphatic carbocycles. The van der Waals surface area contributed by atoms with Gasteiger partial charge in [-0.1, -0.05) is 6.07 Å². The molecule has 110 valence electrons. The van der Waals surface area contributed by atoms with Crippen molar-refractivity contribution in [2.45, 2.75) is 20.4 Å². The Morgan fingerprint density at radius 1 is 1.24 bits per heavy atom. The zero-order chi connectivity index (χ0) is 15.4. The first-order chi connectivity index (χ1) is 10.1. The molecule has 0 spiro atoms. The van der Waals surface area contributed by atoms with E-state index in [0.717, 1.165) is 5.56 Å². The van der Waals surface area contributed by atoms with Gasteiger partial charge in [-0.05, 0) is 37.1 Å². The molecule has 5 heteroatoms. The van der Waals surface area contributed by atoms with Crippen LogP contribution >= 0.6 is 0 Å². The third-order valence-corrected chi connectivity index (χ3v) is 3.40. The molecule has 5 nitrogen and oxygen atoms in total. The smallest absolute Gasteiger partial charge is 0.224 e. The lowest BCUT2D eigenvalue weighted by Crippen LogP contribution is -2.08. The fourth-order valence-corrected chi connectivity index (χ4v) is 2.05. The summed E-state index contributed by atoms with van der Waals surface area (Å²) in [6, 6.07) is 9.57. The average Bonchev–Trinajstić information content (AvgIpc) is 2.76. The normalized spacial score (nSPS) is 10.4. The number of nitrogens with zero attached hydrogens (tertiary/aromatic N) is 2. The second-order valence-electron chi connectivity index (χ2n) is 4.89. The Hall–Kier alpha value is -2.45. The molecule has 2 N–H and O–H groups in total. The van der Waals surface area contributed by atoms with Gasteiger partial charge in [-0.15, -0.1) is 0 Å². The summed E-state index contributed by atoms with van der Waals surface area (Å²) in [4.78, 5) is 0. The Bertz CT molecular complexity index is 684. The Morgan fingerprint density at radius 3 is 2.62 bits per heavy atom. The Morgan fingerprint density at radius 2 is 2.00 bits per heavy atom. The topological polar surface area (TPSA) is 73.2 Å². The zero-order valence-electron chi connectivity index (χ0n) is 12.5. The van der Waals surface area contributed by atoms with Crippen LogP contribution < -0.4 is 10.5 Å². The number of nitrogens with two attached hydrogens (primary N) is 1. The van der Waals surface area contributed by atoms with Crippen molar-refractivity contribution in [1.29, 1.82) is 5.26 Å². The number of hydrogen-bond acceptors (Lipinski definition) is 4. The molecule has 2 rings (SSSR count). The number of aryl methyl sites for hydroxylation is 2. The minimum absolute atomic E-state index is 0.445. The van der Waals surface area contributed by atoms with Crippen molar-refractivity contribution in [2.24, 2.45) is 0 Å². The maximum atomic E-state index is 9.18. The molecular formula is C16H19N3O2. The monoisotopic (exact) mass is 285 g/mol. The van der Waals surface area contributed by atoms with Crippen molar-refractivity contribution >= 4 is 5.69 Å². The van der Waals surface area contributed by atoms with Crippen molar-refractivity contribution in [3.63, 3.8) is 0 Å². The molecule has 0 atom stereocenters. The van der Waals surface area contributed by atoms with Gasteiger partial charge in [0.15, 0.2) is 0 Å². The van der Waals surface area contributed by atoms with Gasteiger partial charge in [0.25, 0.3) is 0 Å². The van der Waals surface area contributed by atoms with Crippen LogP contribution in [0.25, 0.3) is 0 Å². The summed E-state index contributed by atoms with van der Waals surface area (Å²) in [7, 11) is 1.61. The number of nitriles is 1. The van der Waals surface area contributed by atoms with E-state index < -0.39 is 0 Å². The fourth-order valence-electron chi connectivity index (χ4n) is 2.05. The van der Waals surface area contributed by atoms with Gasteiger partial charge in [-0.3, -0.25) is 4.57 Å². The number of nitrogen functional groups attached to an aromatic ring is 1. The standard InChI is InChI=1S/C16H19N3O2/c1-11-4-5-14(8-12(11)2)21-16-15(18)9-13(10-17)19(16)6-7-20-3/h4-5,8-9H,6-7,18H2,1-3H3. The quantitative estimate of drug-likeness (QED) is 0.916. The number of ether oxygens (including phenoxy) is 2. The predicted octanol–water partition coefficient (Wildman–Crippen LogP) is 3.00. The fraction of sp³-hybridized carbons (Fsp3) is 0.312. The van der Waals surface area contributed by atoms with Gasteiger partial charge in [-0.2, -0.15) is 5.26 Å². The van der Waals surface area contributed by atoms with Gasteiger partial charge in [0.1, 0.15) is 17.5 Å². The minimum Gasteiger partial charge on any atom is -0.439 e. The number of rotatable bonds is 5. The van der Waals surface area contributed by atoms with E-state index in [1.54, 1.807) is 17.7 Å². The Labute approximate surface area is 124 Å². The highest BCUT2D eigenvalue weighted by Crippen LogP contribution is 2.31. The molecule has 1 aromatic heterocycles. The second kappa shape index (κ2) is 6.33. The molecule has 0 amide bonds. The lowest BCUT2D eigenvalue weighted by molar-refractivity contribution is 0.184. The molecular weight excluding hydrogens is 266 g/mol. The van der Waals surface area contributed by atoms with Crippen molar-refractivity contribution in [2.75, 3.05) is 19.5 Å². The van der Waals surface area contributed by atoms with E-state index in [4.69, 9.17) is 15.2 Å². The lowest BCUT2D eigenvalue weighted by atomic mass is 10.1. The molecule has 0 fully saturated rings. The highest BCUT2D eigenvalue weighted by molar-refractivity contribution is 5.56. The van der Waals surface area contributed by atoms with Crippen LogP contribution in [-0.2, 0) is 11.3 Å². The van der Waals surface area contributed by atoms with Crippen molar-refractivity contribution in [3.8, 4) is 17.7 Å². The van der Waals surface area contributed by atoms with Crippen LogP contribution in [-0.4, -0.2) is 18.3 Å². The molecule has 0 aliphatic rings. The first-order valence-corrected chi connectivity index (χ1v) is 6.70. The molecule has 1 aromatic carbocycles. The van der Waals surface area contributed by atoms with Crippen molar-refractivity contribution in [3.05, 3.63) is 41.1 Å². The Balaban J connectivity index is 2.36. The summed E-state index contributed by atoms with van der Waals surface area (Å²) in [6.45, 7) is 5.06. The summed E-state index contributed by atoms with van der Waals surface area (Å²) in [5.41, 5.74) is 9.21. The highest BCUT2D eigenvalue weighted by Gasteiger charge is 2.15. The van der Waals surface area contributed by atoms with Gasteiger partial charge < -0.3 is 15.2 Å². The van der Waals surface area contributed by atoms with Crippen LogP contribution in [0.4, 0.5) is 5.69 Å². The van der Waals surface area contributed by atoms with Gasteiger partial charge in [0.05, 0.1) is 18.8 Å².